The first-order chi connectivity index (χ1) is 9.24. The lowest BCUT2D eigenvalue weighted by atomic mass is 9.88. The summed E-state index contributed by atoms with van der Waals surface area (Å²) in [6.45, 7) is 3.63. The zero-order valence-corrected chi connectivity index (χ0v) is 11.9. The van der Waals surface area contributed by atoms with Gasteiger partial charge < -0.3 is 9.64 Å². The van der Waals surface area contributed by atoms with Crippen LogP contribution in [0.4, 0.5) is 0 Å². The number of carbonyl (C=O) groups is 2. The summed E-state index contributed by atoms with van der Waals surface area (Å²) in [6, 6.07) is 0.140. The highest BCUT2D eigenvalue weighted by atomic mass is 16.5. The summed E-state index contributed by atoms with van der Waals surface area (Å²) in [5.74, 6) is 0.521. The number of likely N-dealkylation sites (tertiary alicyclic amines) is 1. The Morgan fingerprint density at radius 2 is 2.16 bits per heavy atom. The van der Waals surface area contributed by atoms with E-state index < -0.39 is 0 Å². The Balaban J connectivity index is 1.95. The molecule has 0 aromatic rings. The Labute approximate surface area is 115 Å². The number of hydrogen-bond donors (Lipinski definition) is 0. The maximum atomic E-state index is 12.2. The van der Waals surface area contributed by atoms with Crippen LogP contribution < -0.4 is 0 Å². The van der Waals surface area contributed by atoms with E-state index in [0.29, 0.717) is 18.8 Å². The van der Waals surface area contributed by atoms with Crippen LogP contribution in [0.3, 0.4) is 0 Å². The normalized spacial score (nSPS) is 27.8. The van der Waals surface area contributed by atoms with Gasteiger partial charge in [0, 0.05) is 31.5 Å². The van der Waals surface area contributed by atoms with Crippen LogP contribution in [0.2, 0.25) is 0 Å². The van der Waals surface area contributed by atoms with E-state index in [4.69, 9.17) is 4.74 Å². The number of nitrogens with zero attached hydrogens (tertiary/aromatic N) is 1. The fourth-order valence-electron chi connectivity index (χ4n) is 3.32. The highest BCUT2D eigenvalue weighted by Crippen LogP contribution is 2.32. The van der Waals surface area contributed by atoms with Crippen LogP contribution in [-0.4, -0.2) is 42.4 Å². The first-order valence-electron chi connectivity index (χ1n) is 7.64. The Kier molecular flexibility index (Phi) is 5.37. The average molecular weight is 267 g/mol. The fourth-order valence-corrected chi connectivity index (χ4v) is 3.32. The Bertz CT molecular complexity index is 329. The molecule has 2 aliphatic rings. The van der Waals surface area contributed by atoms with Crippen molar-refractivity contribution in [2.24, 2.45) is 5.92 Å². The highest BCUT2D eigenvalue weighted by molar-refractivity contribution is 5.85. The third kappa shape index (κ3) is 3.56. The molecule has 0 bridgehead atoms. The van der Waals surface area contributed by atoms with Crippen LogP contribution in [0.15, 0.2) is 0 Å². The predicted octanol–water partition coefficient (Wildman–Crippen LogP) is 2.16. The van der Waals surface area contributed by atoms with Gasteiger partial charge >= 0.3 is 0 Å². The summed E-state index contributed by atoms with van der Waals surface area (Å²) < 4.78 is 5.36. The van der Waals surface area contributed by atoms with E-state index >= 15 is 0 Å². The maximum absolute atomic E-state index is 12.2. The van der Waals surface area contributed by atoms with E-state index in [1.807, 2.05) is 11.8 Å². The first-order valence-corrected chi connectivity index (χ1v) is 7.64. The number of Topliss-reactive ketones (excluding diaryl/α,β-unsaturated/α-hetero) is 1. The van der Waals surface area contributed by atoms with Crippen molar-refractivity contribution in [3.8, 4) is 0 Å². The third-order valence-corrected chi connectivity index (χ3v) is 4.26. The van der Waals surface area contributed by atoms with Crippen molar-refractivity contribution in [3.05, 3.63) is 0 Å². The van der Waals surface area contributed by atoms with Gasteiger partial charge in [-0.3, -0.25) is 9.59 Å². The quantitative estimate of drug-likeness (QED) is 0.717. The standard InChI is InChI=1S/C15H25NO3/c1-2-10-19-11-15(18)16-9-4-3-7-13(16)12-6-5-8-14(12)17/h12-13H,2-11H2,1H3. The lowest BCUT2D eigenvalue weighted by molar-refractivity contribution is -0.142. The van der Waals surface area contributed by atoms with E-state index in [-0.39, 0.29) is 24.5 Å². The molecule has 4 nitrogen and oxygen atoms in total. The molecular formula is C15H25NO3. The lowest BCUT2D eigenvalue weighted by Crippen LogP contribution is -2.49. The van der Waals surface area contributed by atoms with Gasteiger partial charge in [0.2, 0.25) is 5.91 Å². The monoisotopic (exact) mass is 267 g/mol. The molecular weight excluding hydrogens is 242 g/mol. The molecule has 1 aliphatic carbocycles. The number of ketones is 1. The Morgan fingerprint density at radius 3 is 2.84 bits per heavy atom. The van der Waals surface area contributed by atoms with Crippen molar-refractivity contribution >= 4 is 11.7 Å². The van der Waals surface area contributed by atoms with Gasteiger partial charge in [0.15, 0.2) is 0 Å². The van der Waals surface area contributed by atoms with Gasteiger partial charge in [-0.25, -0.2) is 0 Å². The second-order valence-corrected chi connectivity index (χ2v) is 5.67. The van der Waals surface area contributed by atoms with Crippen molar-refractivity contribution in [2.45, 2.75) is 57.9 Å². The van der Waals surface area contributed by atoms with Crippen LogP contribution in [-0.2, 0) is 14.3 Å². The zero-order valence-electron chi connectivity index (χ0n) is 11.9. The highest BCUT2D eigenvalue weighted by Gasteiger charge is 2.38. The molecule has 1 saturated heterocycles. The fraction of sp³-hybridized carbons (Fsp3) is 0.867. The van der Waals surface area contributed by atoms with Gasteiger partial charge in [-0.1, -0.05) is 6.92 Å². The van der Waals surface area contributed by atoms with Gasteiger partial charge in [0.25, 0.3) is 0 Å². The lowest BCUT2D eigenvalue weighted by Gasteiger charge is -2.38. The van der Waals surface area contributed by atoms with Crippen LogP contribution in [0.25, 0.3) is 0 Å². The van der Waals surface area contributed by atoms with Gasteiger partial charge in [0.05, 0.1) is 0 Å². The average Bonchev–Trinajstić information content (AvgIpc) is 2.85. The van der Waals surface area contributed by atoms with Gasteiger partial charge in [0.1, 0.15) is 12.4 Å². The summed E-state index contributed by atoms with van der Waals surface area (Å²) in [5.41, 5.74) is 0. The largest absolute Gasteiger partial charge is 0.372 e. The number of ether oxygens (including phenoxy) is 1. The Hall–Kier alpha value is -0.900. The number of rotatable bonds is 5. The van der Waals surface area contributed by atoms with Gasteiger partial charge in [-0.05, 0) is 38.5 Å². The van der Waals surface area contributed by atoms with Crippen molar-refractivity contribution in [1.82, 2.24) is 4.90 Å². The van der Waals surface area contributed by atoms with Crippen LogP contribution >= 0.6 is 0 Å². The molecule has 2 rings (SSSR count). The second kappa shape index (κ2) is 7.04. The van der Waals surface area contributed by atoms with Crippen LogP contribution in [0, 0.1) is 5.92 Å². The molecule has 0 aromatic heterocycles. The van der Waals surface area contributed by atoms with Gasteiger partial charge in [-0.15, -0.1) is 0 Å². The summed E-state index contributed by atoms with van der Waals surface area (Å²) in [4.78, 5) is 26.1. The molecule has 19 heavy (non-hydrogen) atoms. The van der Waals surface area contributed by atoms with E-state index in [0.717, 1.165) is 45.1 Å². The molecule has 0 aromatic carbocycles. The molecule has 0 N–H and O–H groups in total. The van der Waals surface area contributed by atoms with Crippen LogP contribution in [0.1, 0.15) is 51.9 Å². The number of hydrogen-bond acceptors (Lipinski definition) is 3. The Morgan fingerprint density at radius 1 is 1.32 bits per heavy atom. The molecule has 0 spiro atoms. The molecule has 108 valence electrons. The van der Waals surface area contributed by atoms with Gasteiger partial charge in [-0.2, -0.15) is 0 Å². The molecule has 4 heteroatoms. The minimum absolute atomic E-state index is 0.0675. The van der Waals surface area contributed by atoms with Crippen molar-refractivity contribution in [3.63, 3.8) is 0 Å². The number of carbonyl (C=O) groups excluding carboxylic acids is 2. The minimum atomic E-state index is 0.0675. The van der Waals surface area contributed by atoms with Crippen molar-refractivity contribution in [2.75, 3.05) is 19.8 Å². The molecule has 2 atom stereocenters. The zero-order chi connectivity index (χ0) is 13.7. The molecule has 0 radical (unpaired) electrons. The molecule has 2 unspecified atom stereocenters. The topological polar surface area (TPSA) is 46.6 Å². The number of amides is 1. The van der Waals surface area contributed by atoms with Crippen molar-refractivity contribution < 1.29 is 14.3 Å². The molecule has 1 saturated carbocycles. The van der Waals surface area contributed by atoms with Crippen molar-refractivity contribution in [1.29, 1.82) is 0 Å². The minimum Gasteiger partial charge on any atom is -0.372 e. The second-order valence-electron chi connectivity index (χ2n) is 5.67. The van der Waals surface area contributed by atoms with E-state index in [1.165, 1.54) is 0 Å². The summed E-state index contributed by atoms with van der Waals surface area (Å²) >= 11 is 0. The molecule has 1 aliphatic heterocycles. The molecule has 1 amide bonds. The SMILES string of the molecule is CCCOCC(=O)N1CCCCC1C1CCCC1=O. The van der Waals surface area contributed by atoms with Crippen LogP contribution in [0.5, 0.6) is 0 Å². The summed E-state index contributed by atoms with van der Waals surface area (Å²) in [6.07, 6.45) is 6.76. The molecule has 2 fully saturated rings. The summed E-state index contributed by atoms with van der Waals surface area (Å²) in [5, 5.41) is 0. The third-order valence-electron chi connectivity index (χ3n) is 4.26. The van der Waals surface area contributed by atoms with E-state index in [9.17, 15) is 9.59 Å². The number of piperidine rings is 1. The summed E-state index contributed by atoms with van der Waals surface area (Å²) in [7, 11) is 0. The first kappa shape index (κ1) is 14.5. The smallest absolute Gasteiger partial charge is 0.248 e. The molecule has 1 heterocycles. The predicted molar refractivity (Wildman–Crippen MR) is 72.8 cm³/mol. The van der Waals surface area contributed by atoms with E-state index in [1.54, 1.807) is 0 Å². The maximum Gasteiger partial charge on any atom is 0.248 e. The van der Waals surface area contributed by atoms with E-state index in [2.05, 4.69) is 0 Å².